The number of aliphatic hydroxyl groups is 1. The normalized spacial score (nSPS) is 15.3. The molecule has 3 aliphatic heterocycles. The third-order valence-electron chi connectivity index (χ3n) is 18.7. The van der Waals surface area contributed by atoms with E-state index < -0.39 is 65.8 Å². The molecule has 4 aromatic heterocycles. The van der Waals surface area contributed by atoms with Crippen LogP contribution in [0.1, 0.15) is 124 Å². The lowest BCUT2D eigenvalue weighted by Gasteiger charge is -2.31. The van der Waals surface area contributed by atoms with Gasteiger partial charge in [-0.15, -0.1) is 0 Å². The molecule has 0 bridgehead atoms. The third kappa shape index (κ3) is 19.3. The number of amides is 8. The van der Waals surface area contributed by atoms with E-state index >= 15 is 0 Å². The van der Waals surface area contributed by atoms with Crippen LogP contribution in [0.5, 0.6) is 11.5 Å². The lowest BCUT2D eigenvalue weighted by atomic mass is 9.88. The van der Waals surface area contributed by atoms with Crippen molar-refractivity contribution in [1.29, 1.82) is 0 Å². The molecule has 0 saturated carbocycles. The zero-order valence-electron chi connectivity index (χ0n) is 61.0. The van der Waals surface area contributed by atoms with Gasteiger partial charge in [0.1, 0.15) is 35.3 Å². The zero-order valence-corrected chi connectivity index (χ0v) is 61.0. The number of ketones is 3. The molecule has 564 valence electrons. The van der Waals surface area contributed by atoms with Crippen molar-refractivity contribution in [2.75, 3.05) is 75.3 Å². The summed E-state index contributed by atoms with van der Waals surface area (Å²) in [5.74, 6) is -3.94. The SMILES string of the molecule is C=C1C[C@H]2C(O)N(C(=O)OCc3ccc(CC(=O)[C@H](C)NC(=O)[C@@H](CC(=O)CCOCCOCCNC(=O)CCN4C(=O)C=CC4=O)C(C)C)cc3)c3cc(OCCCC(=O)Nc4cn(C)c(C(=O)Cc5cc(C(=O)Nc6cc(C(=O)n7ccc8cc(OC)ccc87)n(C)c6)n(C)c5)n4)c(C)cc3C(=O)N2C1. The predicted molar refractivity (Wildman–Crippen MR) is 390 cm³/mol. The highest BCUT2D eigenvalue weighted by Crippen LogP contribution is 2.40. The summed E-state index contributed by atoms with van der Waals surface area (Å²) in [6.07, 6.45) is 6.48. The first-order valence-corrected chi connectivity index (χ1v) is 35.1. The van der Waals surface area contributed by atoms with Crippen LogP contribution in [-0.2, 0) is 88.4 Å². The van der Waals surface area contributed by atoms with Crippen molar-refractivity contribution >= 4 is 98.8 Å². The Morgan fingerprint density at radius 2 is 1.46 bits per heavy atom. The van der Waals surface area contributed by atoms with E-state index in [9.17, 15) is 62.6 Å². The zero-order chi connectivity index (χ0) is 76.9. The Morgan fingerprint density at radius 3 is 2.19 bits per heavy atom. The second kappa shape index (κ2) is 35.0. The number of aryl methyl sites for hydroxylation is 4. The molecule has 107 heavy (non-hydrogen) atoms. The summed E-state index contributed by atoms with van der Waals surface area (Å²) in [6, 6.07) is 18.5. The van der Waals surface area contributed by atoms with Gasteiger partial charge in [-0.3, -0.25) is 62.2 Å². The maximum atomic E-state index is 14.3. The topological polar surface area (TPSA) is 362 Å². The number of carbonyl (C=O) groups excluding carboxylic acids is 12. The largest absolute Gasteiger partial charge is 0.497 e. The van der Waals surface area contributed by atoms with Gasteiger partial charge in [0, 0.05) is 134 Å². The molecular formula is C77H88N12O18. The van der Waals surface area contributed by atoms with E-state index in [4.69, 9.17) is 23.7 Å². The van der Waals surface area contributed by atoms with Crippen molar-refractivity contribution in [3.63, 3.8) is 0 Å². The Kier molecular flexibility index (Phi) is 25.5. The van der Waals surface area contributed by atoms with E-state index in [-0.39, 0.29) is 180 Å². The van der Waals surface area contributed by atoms with Crippen LogP contribution in [0, 0.1) is 18.8 Å². The average molecular weight is 1470 g/mol. The molecule has 1 unspecified atom stereocenters. The summed E-state index contributed by atoms with van der Waals surface area (Å²) in [6.45, 7) is 11.8. The number of anilines is 3. The maximum Gasteiger partial charge on any atom is 0.416 e. The number of hydrogen-bond donors (Lipinski definition) is 5. The number of imidazole rings is 1. The van der Waals surface area contributed by atoms with Gasteiger partial charge in [0.2, 0.25) is 23.5 Å². The third-order valence-corrected chi connectivity index (χ3v) is 18.7. The number of nitrogens with zero attached hydrogens (tertiary/aromatic N) is 8. The standard InChI is InChI=1S/C77H88N12O18/c1-45(2)56(38-54(90)22-27-104-29-30-105-28-23-78-67(93)21-25-87-69(95)18-19-70(87)96)72(97)79-48(5)63(91)34-49-12-14-50(15-13-49)44-107-77(102)89-59-39-65(47(4)32-57(59)74(99)88-40-46(3)31-62(88)76(89)101)106-26-10-11-68(94)81-66-43-85(8)71(82-66)64(92)35-51-33-60(83(6)41-51)73(98)80-53-37-61(84(7)42-53)75(100)86-24-20-52-36-55(103-9)16-17-58(52)86/h12-20,24,32-33,36-37,39,41-43,45,48,56,62,76,101H,3,10-11,21-23,25-31,34-35,38,40,44H2,1-2,4-9H3,(H,78,93)(H,79,97)(H,80,98)(H,81,94)/t48-,56-,62-,76?/m0/s1. The number of carbonyl (C=O) groups is 12. The van der Waals surface area contributed by atoms with Crippen LogP contribution in [0.2, 0.25) is 0 Å². The molecule has 10 rings (SSSR count). The lowest BCUT2D eigenvalue weighted by molar-refractivity contribution is -0.137. The first-order chi connectivity index (χ1) is 51.1. The molecule has 0 aliphatic carbocycles. The fourth-order valence-corrected chi connectivity index (χ4v) is 12.8. The van der Waals surface area contributed by atoms with Crippen LogP contribution in [-0.4, -0.2) is 187 Å². The highest BCUT2D eigenvalue weighted by atomic mass is 16.6. The number of Topliss-reactive ketones (excluding diaryl/α,β-unsaturated/α-hetero) is 3. The molecule has 7 heterocycles. The Balaban J connectivity index is 0.656. The van der Waals surface area contributed by atoms with Crippen molar-refractivity contribution < 1.29 is 86.3 Å². The minimum atomic E-state index is -1.56. The quantitative estimate of drug-likeness (QED) is 0.0123. The molecule has 1 saturated heterocycles. The number of methoxy groups -OCH3 is 1. The maximum absolute atomic E-state index is 14.3. The molecule has 30 nitrogen and oxygen atoms in total. The van der Waals surface area contributed by atoms with Crippen LogP contribution in [0.15, 0.2) is 122 Å². The van der Waals surface area contributed by atoms with E-state index in [0.29, 0.717) is 50.5 Å². The summed E-state index contributed by atoms with van der Waals surface area (Å²) in [5, 5.41) is 23.8. The molecule has 7 aromatic rings. The number of benzene rings is 3. The van der Waals surface area contributed by atoms with Crippen molar-refractivity contribution in [2.24, 2.45) is 33.0 Å². The Morgan fingerprint density at radius 1 is 0.738 bits per heavy atom. The van der Waals surface area contributed by atoms with Gasteiger partial charge in [-0.25, -0.2) is 14.7 Å². The number of fused-ring (bicyclic) bond motifs is 3. The van der Waals surface area contributed by atoms with E-state index in [1.807, 2.05) is 26.0 Å². The molecule has 8 amide bonds. The summed E-state index contributed by atoms with van der Waals surface area (Å²) in [4.78, 5) is 166. The number of hydrogen-bond acceptors (Lipinski definition) is 19. The van der Waals surface area contributed by atoms with Crippen LogP contribution in [0.3, 0.4) is 0 Å². The second-order valence-electron chi connectivity index (χ2n) is 27.0. The summed E-state index contributed by atoms with van der Waals surface area (Å²) < 4.78 is 34.6. The fraction of sp³-hybridized carbons (Fsp3) is 0.390. The molecular weight excluding hydrogens is 1380 g/mol. The first kappa shape index (κ1) is 78.0. The lowest BCUT2D eigenvalue weighted by Crippen LogP contribution is -2.50. The monoisotopic (exact) mass is 1470 g/mol. The molecule has 3 aliphatic rings. The average Bonchev–Trinajstić information content (AvgIpc) is 1.48. The van der Waals surface area contributed by atoms with Crippen molar-refractivity contribution in [2.45, 2.75) is 104 Å². The van der Waals surface area contributed by atoms with Crippen LogP contribution < -0.4 is 35.6 Å². The van der Waals surface area contributed by atoms with E-state index in [0.717, 1.165) is 27.3 Å². The number of imide groups is 1. The predicted octanol–water partition coefficient (Wildman–Crippen LogP) is 6.48. The van der Waals surface area contributed by atoms with Gasteiger partial charge in [0.15, 0.2) is 23.7 Å². The minimum Gasteiger partial charge on any atom is -0.497 e. The van der Waals surface area contributed by atoms with Gasteiger partial charge in [-0.05, 0) is 97.3 Å². The summed E-state index contributed by atoms with van der Waals surface area (Å²) in [5.41, 5.74) is 4.75. The Hall–Kier alpha value is -11.6. The molecule has 3 aromatic carbocycles. The van der Waals surface area contributed by atoms with Crippen molar-refractivity contribution in [3.8, 4) is 11.5 Å². The number of nitrogens with one attached hydrogen (secondary N) is 4. The smallest absolute Gasteiger partial charge is 0.416 e. The second-order valence-corrected chi connectivity index (χ2v) is 27.0. The Bertz CT molecular complexity index is 4620. The number of rotatable bonds is 35. The van der Waals surface area contributed by atoms with Gasteiger partial charge >= 0.3 is 6.09 Å². The number of aliphatic hydroxyl groups excluding tert-OH is 1. The Labute approximate surface area is 616 Å². The molecule has 30 heteroatoms. The van der Waals surface area contributed by atoms with Gasteiger partial charge < -0.3 is 68.7 Å². The van der Waals surface area contributed by atoms with E-state index in [2.05, 4.69) is 32.8 Å². The number of aromatic nitrogens is 5. The highest BCUT2D eigenvalue weighted by Gasteiger charge is 2.46. The minimum absolute atomic E-state index is 0.0151. The molecule has 5 N–H and O–H groups in total. The van der Waals surface area contributed by atoms with Gasteiger partial charge in [-0.1, -0.05) is 50.3 Å². The van der Waals surface area contributed by atoms with Gasteiger partial charge in [-0.2, -0.15) is 0 Å². The molecule has 1 fully saturated rings. The summed E-state index contributed by atoms with van der Waals surface area (Å²) in [7, 11) is 6.57. The van der Waals surface area contributed by atoms with Crippen LogP contribution in [0.25, 0.3) is 10.9 Å². The van der Waals surface area contributed by atoms with Crippen molar-refractivity contribution in [1.82, 2.24) is 43.7 Å². The van der Waals surface area contributed by atoms with E-state index in [1.54, 1.807) is 124 Å². The molecule has 4 atom stereocenters. The first-order valence-electron chi connectivity index (χ1n) is 35.1. The van der Waals surface area contributed by atoms with Crippen molar-refractivity contribution in [3.05, 3.63) is 167 Å². The number of ether oxygens (including phenoxy) is 5. The summed E-state index contributed by atoms with van der Waals surface area (Å²) >= 11 is 0. The molecule has 0 spiro atoms. The van der Waals surface area contributed by atoms with Crippen LogP contribution >= 0.6 is 0 Å². The molecule has 0 radical (unpaired) electrons. The van der Waals surface area contributed by atoms with E-state index in [1.165, 1.54) is 26.3 Å². The fourth-order valence-electron chi connectivity index (χ4n) is 12.8. The highest BCUT2D eigenvalue weighted by molar-refractivity contribution is 6.13. The van der Waals surface area contributed by atoms with Gasteiger partial charge in [0.05, 0.1) is 74.7 Å². The van der Waals surface area contributed by atoms with Crippen LogP contribution in [0.4, 0.5) is 22.0 Å². The van der Waals surface area contributed by atoms with Gasteiger partial charge in [0.25, 0.3) is 29.5 Å².